The van der Waals surface area contributed by atoms with E-state index in [9.17, 15) is 14.4 Å². The second-order valence-electron chi connectivity index (χ2n) is 10.2. The van der Waals surface area contributed by atoms with Crippen LogP contribution in [-0.2, 0) is 14.4 Å². The third-order valence-electron chi connectivity index (χ3n) is 6.83. The molecule has 170 valence electrons. The second kappa shape index (κ2) is 10.1. The average Bonchev–Trinajstić information content (AvgIpc) is 3.37. The van der Waals surface area contributed by atoms with Gasteiger partial charge in [0.1, 0.15) is 0 Å². The first-order valence-electron chi connectivity index (χ1n) is 11.9. The van der Waals surface area contributed by atoms with Crippen molar-refractivity contribution in [2.75, 3.05) is 45.8 Å². The monoisotopic (exact) mass is 420 g/mol. The molecule has 1 aliphatic carbocycles. The maximum atomic E-state index is 13.2. The second-order valence-corrected chi connectivity index (χ2v) is 10.2. The molecule has 7 heteroatoms. The Morgan fingerprint density at radius 1 is 1.03 bits per heavy atom. The van der Waals surface area contributed by atoms with Crippen molar-refractivity contribution < 1.29 is 14.4 Å². The molecule has 7 nitrogen and oxygen atoms in total. The maximum Gasteiger partial charge on any atom is 0.237 e. The van der Waals surface area contributed by atoms with Crippen molar-refractivity contribution in [3.8, 4) is 0 Å². The van der Waals surface area contributed by atoms with Crippen LogP contribution in [0.1, 0.15) is 65.7 Å². The summed E-state index contributed by atoms with van der Waals surface area (Å²) in [5, 5.41) is 3.15. The quantitative estimate of drug-likeness (QED) is 0.638. The SMILES string of the molecule is CC(C)(C)C(=O)N1CCN(C(C(=O)NCCCN2CCCC2=O)C2CCCC2)CC1. The minimum atomic E-state index is -0.360. The number of carbonyl (C=O) groups is 3. The number of nitrogens with zero attached hydrogens (tertiary/aromatic N) is 3. The van der Waals surface area contributed by atoms with Crippen LogP contribution in [0.3, 0.4) is 0 Å². The number of amides is 3. The Balaban J connectivity index is 1.51. The van der Waals surface area contributed by atoms with Crippen molar-refractivity contribution in [3.05, 3.63) is 0 Å². The summed E-state index contributed by atoms with van der Waals surface area (Å²) in [7, 11) is 0. The van der Waals surface area contributed by atoms with E-state index in [4.69, 9.17) is 0 Å². The molecule has 1 unspecified atom stereocenters. The molecule has 0 bridgehead atoms. The highest BCUT2D eigenvalue weighted by molar-refractivity contribution is 5.83. The molecule has 3 fully saturated rings. The summed E-state index contributed by atoms with van der Waals surface area (Å²) in [5.41, 5.74) is -0.360. The lowest BCUT2D eigenvalue weighted by Gasteiger charge is -2.42. The lowest BCUT2D eigenvalue weighted by molar-refractivity contribution is -0.142. The molecule has 0 spiro atoms. The van der Waals surface area contributed by atoms with Gasteiger partial charge < -0.3 is 15.1 Å². The molecule has 30 heavy (non-hydrogen) atoms. The molecule has 0 aromatic heterocycles. The fraction of sp³-hybridized carbons (Fsp3) is 0.870. The van der Waals surface area contributed by atoms with Gasteiger partial charge in [0.25, 0.3) is 0 Å². The normalized spacial score (nSPS) is 22.6. The first-order valence-corrected chi connectivity index (χ1v) is 11.9. The van der Waals surface area contributed by atoms with E-state index in [1.807, 2.05) is 30.6 Å². The number of carbonyl (C=O) groups excluding carboxylic acids is 3. The molecule has 3 rings (SSSR count). The molecule has 1 atom stereocenters. The van der Waals surface area contributed by atoms with Crippen molar-refractivity contribution >= 4 is 17.7 Å². The Morgan fingerprint density at radius 3 is 2.27 bits per heavy atom. The van der Waals surface area contributed by atoms with E-state index in [1.54, 1.807) is 0 Å². The molecular formula is C23H40N4O3. The highest BCUT2D eigenvalue weighted by Gasteiger charge is 2.38. The third-order valence-corrected chi connectivity index (χ3v) is 6.83. The van der Waals surface area contributed by atoms with Crippen molar-refractivity contribution in [1.29, 1.82) is 0 Å². The number of likely N-dealkylation sites (tertiary alicyclic amines) is 1. The minimum absolute atomic E-state index is 0.0900. The van der Waals surface area contributed by atoms with Gasteiger partial charge in [-0.2, -0.15) is 0 Å². The molecular weight excluding hydrogens is 380 g/mol. The number of rotatable bonds is 7. The van der Waals surface area contributed by atoms with Gasteiger partial charge in [0.15, 0.2) is 0 Å². The van der Waals surface area contributed by atoms with Crippen molar-refractivity contribution in [3.63, 3.8) is 0 Å². The van der Waals surface area contributed by atoms with Gasteiger partial charge in [-0.15, -0.1) is 0 Å². The summed E-state index contributed by atoms with van der Waals surface area (Å²) in [5.74, 6) is 0.980. The van der Waals surface area contributed by atoms with Crippen molar-refractivity contribution in [2.45, 2.75) is 71.8 Å². The van der Waals surface area contributed by atoms with E-state index in [-0.39, 0.29) is 29.2 Å². The summed E-state index contributed by atoms with van der Waals surface area (Å²) >= 11 is 0. The van der Waals surface area contributed by atoms with E-state index >= 15 is 0 Å². The molecule has 2 aliphatic heterocycles. The zero-order valence-electron chi connectivity index (χ0n) is 19.1. The summed E-state index contributed by atoms with van der Waals surface area (Å²) in [4.78, 5) is 43.6. The molecule has 1 N–H and O–H groups in total. The van der Waals surface area contributed by atoms with Gasteiger partial charge in [-0.1, -0.05) is 33.6 Å². The highest BCUT2D eigenvalue weighted by atomic mass is 16.2. The molecule has 0 aromatic rings. The first-order chi connectivity index (χ1) is 14.3. The van der Waals surface area contributed by atoms with Crippen molar-refractivity contribution in [1.82, 2.24) is 20.0 Å². The van der Waals surface area contributed by atoms with Gasteiger partial charge in [0.05, 0.1) is 6.04 Å². The smallest absolute Gasteiger partial charge is 0.237 e. The molecule has 0 aromatic carbocycles. The zero-order valence-corrected chi connectivity index (χ0v) is 19.1. The largest absolute Gasteiger partial charge is 0.355 e. The van der Waals surface area contributed by atoms with Crippen LogP contribution >= 0.6 is 0 Å². The lowest BCUT2D eigenvalue weighted by atomic mass is 9.93. The van der Waals surface area contributed by atoms with Gasteiger partial charge in [0, 0.05) is 57.6 Å². The van der Waals surface area contributed by atoms with Crippen LogP contribution < -0.4 is 5.32 Å². The van der Waals surface area contributed by atoms with Crippen LogP contribution in [0.2, 0.25) is 0 Å². The van der Waals surface area contributed by atoms with Crippen LogP contribution in [-0.4, -0.2) is 84.3 Å². The fourth-order valence-electron chi connectivity index (χ4n) is 5.16. The molecule has 2 heterocycles. The van der Waals surface area contributed by atoms with Crippen LogP contribution in [0.4, 0.5) is 0 Å². The van der Waals surface area contributed by atoms with Crippen LogP contribution in [0.5, 0.6) is 0 Å². The Bertz CT molecular complexity index is 616. The van der Waals surface area contributed by atoms with Gasteiger partial charge >= 0.3 is 0 Å². The highest BCUT2D eigenvalue weighted by Crippen LogP contribution is 2.31. The van der Waals surface area contributed by atoms with Crippen LogP contribution in [0.25, 0.3) is 0 Å². The third kappa shape index (κ3) is 5.74. The molecule has 1 saturated carbocycles. The number of nitrogens with one attached hydrogen (secondary N) is 1. The molecule has 2 saturated heterocycles. The van der Waals surface area contributed by atoms with E-state index in [0.717, 1.165) is 51.9 Å². The lowest BCUT2D eigenvalue weighted by Crippen LogP contribution is -2.59. The standard InChI is InChI=1S/C23H40N4O3/c1-23(2,3)22(30)27-16-14-26(15-17-27)20(18-8-4-5-9-18)21(29)24-11-7-13-25-12-6-10-19(25)28/h18,20H,4-17H2,1-3H3,(H,24,29). The Hall–Kier alpha value is -1.63. The number of hydrogen-bond donors (Lipinski definition) is 1. The summed E-state index contributed by atoms with van der Waals surface area (Å²) < 4.78 is 0. The minimum Gasteiger partial charge on any atom is -0.355 e. The van der Waals surface area contributed by atoms with E-state index in [2.05, 4.69) is 10.2 Å². The van der Waals surface area contributed by atoms with Gasteiger partial charge in [-0.05, 0) is 31.6 Å². The number of hydrogen-bond acceptors (Lipinski definition) is 4. The number of piperazine rings is 1. The molecule has 3 amide bonds. The molecule has 3 aliphatic rings. The van der Waals surface area contributed by atoms with Crippen LogP contribution in [0, 0.1) is 11.3 Å². The molecule has 0 radical (unpaired) electrons. The topological polar surface area (TPSA) is 73.0 Å². The summed E-state index contributed by atoms with van der Waals surface area (Å²) in [6.07, 6.45) is 7.06. The summed E-state index contributed by atoms with van der Waals surface area (Å²) in [6, 6.07) is -0.0900. The van der Waals surface area contributed by atoms with E-state index in [1.165, 1.54) is 12.8 Å². The Labute approximate surface area is 181 Å². The predicted molar refractivity (Wildman–Crippen MR) is 117 cm³/mol. The van der Waals surface area contributed by atoms with E-state index in [0.29, 0.717) is 32.0 Å². The summed E-state index contributed by atoms with van der Waals surface area (Å²) in [6.45, 7) is 11.0. The maximum absolute atomic E-state index is 13.2. The van der Waals surface area contributed by atoms with Gasteiger partial charge in [-0.25, -0.2) is 0 Å². The Kier molecular flexibility index (Phi) is 7.77. The average molecular weight is 421 g/mol. The first kappa shape index (κ1) is 23.0. The van der Waals surface area contributed by atoms with Crippen molar-refractivity contribution in [2.24, 2.45) is 11.3 Å². The van der Waals surface area contributed by atoms with Gasteiger partial charge in [0.2, 0.25) is 17.7 Å². The van der Waals surface area contributed by atoms with Gasteiger partial charge in [-0.3, -0.25) is 19.3 Å². The van der Waals surface area contributed by atoms with Crippen LogP contribution in [0.15, 0.2) is 0 Å². The zero-order chi connectivity index (χ0) is 21.7. The predicted octanol–water partition coefficient (Wildman–Crippen LogP) is 1.86. The Morgan fingerprint density at radius 2 is 1.70 bits per heavy atom. The fourth-order valence-corrected chi connectivity index (χ4v) is 5.16. The van der Waals surface area contributed by atoms with E-state index < -0.39 is 0 Å².